The molecule has 3 heterocycles. The first-order valence-corrected chi connectivity index (χ1v) is 8.79. The summed E-state index contributed by atoms with van der Waals surface area (Å²) in [5, 5.41) is 0. The second-order valence-corrected chi connectivity index (χ2v) is 6.52. The Morgan fingerprint density at radius 1 is 0.731 bits per heavy atom. The first-order chi connectivity index (χ1) is 12.8. The van der Waals surface area contributed by atoms with Gasteiger partial charge in [0.1, 0.15) is 0 Å². The number of esters is 1. The summed E-state index contributed by atoms with van der Waals surface area (Å²) in [6.45, 7) is 0.851. The molecule has 0 radical (unpaired) electrons. The summed E-state index contributed by atoms with van der Waals surface area (Å²) < 4.78 is 27.9. The highest BCUT2D eigenvalue weighted by Crippen LogP contribution is 2.48. The molecule has 26 heavy (non-hydrogen) atoms. The number of fused-ring (bicyclic) bond motifs is 6. The first kappa shape index (κ1) is 15.4. The van der Waals surface area contributed by atoms with Gasteiger partial charge in [0.15, 0.2) is 23.0 Å². The molecule has 0 saturated heterocycles. The fraction of sp³-hybridized carbons (Fsp3) is 0.350. The van der Waals surface area contributed by atoms with E-state index < -0.39 is 0 Å². The first-order valence-electron chi connectivity index (χ1n) is 8.79. The number of hydrogen-bond acceptors (Lipinski definition) is 6. The fourth-order valence-electron chi connectivity index (χ4n) is 3.70. The van der Waals surface area contributed by atoms with Crippen LogP contribution in [0.5, 0.6) is 23.0 Å². The average molecular weight is 354 g/mol. The van der Waals surface area contributed by atoms with Crippen LogP contribution in [0.15, 0.2) is 24.3 Å². The van der Waals surface area contributed by atoms with Gasteiger partial charge in [-0.25, -0.2) is 0 Å². The molecule has 0 N–H and O–H groups in total. The minimum atomic E-state index is -0.172. The molecule has 134 valence electrons. The number of benzene rings is 2. The topological polar surface area (TPSA) is 63.2 Å². The van der Waals surface area contributed by atoms with E-state index in [2.05, 4.69) is 0 Å². The summed E-state index contributed by atoms with van der Waals surface area (Å²) in [7, 11) is 0. The van der Waals surface area contributed by atoms with Crippen molar-refractivity contribution in [1.82, 2.24) is 0 Å². The minimum absolute atomic E-state index is 0.172. The molecule has 0 spiro atoms. The van der Waals surface area contributed by atoms with E-state index in [4.69, 9.17) is 23.7 Å². The summed E-state index contributed by atoms with van der Waals surface area (Å²) >= 11 is 0. The van der Waals surface area contributed by atoms with E-state index in [-0.39, 0.29) is 19.6 Å². The van der Waals surface area contributed by atoms with Gasteiger partial charge in [-0.3, -0.25) is 4.79 Å². The lowest BCUT2D eigenvalue weighted by Crippen LogP contribution is -2.07. The predicted molar refractivity (Wildman–Crippen MR) is 91.7 cm³/mol. The third-order valence-electron chi connectivity index (χ3n) is 4.95. The monoisotopic (exact) mass is 354 g/mol. The summed E-state index contributed by atoms with van der Waals surface area (Å²) in [5.41, 5.74) is 4.18. The smallest absolute Gasteiger partial charge is 0.306 e. The molecule has 3 aliphatic heterocycles. The summed E-state index contributed by atoms with van der Waals surface area (Å²) in [6, 6.07) is 7.94. The molecule has 5 rings (SSSR count). The Balaban J connectivity index is 1.73. The van der Waals surface area contributed by atoms with Crippen LogP contribution < -0.4 is 18.9 Å². The molecule has 2 aromatic carbocycles. The molecule has 0 unspecified atom stereocenters. The summed E-state index contributed by atoms with van der Waals surface area (Å²) in [4.78, 5) is 12.0. The van der Waals surface area contributed by atoms with Gasteiger partial charge in [0.25, 0.3) is 0 Å². The number of carbonyl (C=O) groups is 1. The van der Waals surface area contributed by atoms with E-state index in [1.807, 2.05) is 24.3 Å². The van der Waals surface area contributed by atoms with E-state index in [1.165, 1.54) is 0 Å². The standard InChI is InChI=1S/C20H18O6/c21-18-6-4-12-3-5-15-20(26-11-23-15)19(12)14-9-17-16(24-10-25-17)8-13(14)2-1-7-22-18/h3,5,8-9H,1-2,4,6-7,10-11H2. The molecule has 3 aliphatic rings. The maximum atomic E-state index is 12.0. The zero-order valence-electron chi connectivity index (χ0n) is 14.2. The van der Waals surface area contributed by atoms with E-state index in [0.717, 1.165) is 58.1 Å². The zero-order chi connectivity index (χ0) is 17.5. The average Bonchev–Trinajstić information content (AvgIpc) is 3.30. The Hall–Kier alpha value is -2.89. The van der Waals surface area contributed by atoms with Gasteiger partial charge in [0.2, 0.25) is 13.6 Å². The molecule has 0 amide bonds. The third kappa shape index (κ3) is 2.53. The Labute approximate surface area is 150 Å². The van der Waals surface area contributed by atoms with Gasteiger partial charge >= 0.3 is 5.97 Å². The second kappa shape index (κ2) is 6.12. The molecule has 0 bridgehead atoms. The van der Waals surface area contributed by atoms with Gasteiger partial charge in [-0.15, -0.1) is 0 Å². The van der Waals surface area contributed by atoms with Crippen LogP contribution in [0.2, 0.25) is 0 Å². The number of cyclic esters (lactones) is 1. The predicted octanol–water partition coefficient (Wildman–Crippen LogP) is 3.23. The molecule has 0 saturated carbocycles. The molecular weight excluding hydrogens is 336 g/mol. The van der Waals surface area contributed by atoms with Crippen molar-refractivity contribution in [3.8, 4) is 34.1 Å². The Kier molecular flexibility index (Phi) is 3.62. The largest absolute Gasteiger partial charge is 0.466 e. The van der Waals surface area contributed by atoms with Gasteiger partial charge in [-0.2, -0.15) is 0 Å². The van der Waals surface area contributed by atoms with Gasteiger partial charge in [0.05, 0.1) is 6.61 Å². The number of carbonyl (C=O) groups excluding carboxylic acids is 1. The van der Waals surface area contributed by atoms with E-state index in [1.54, 1.807) is 0 Å². The maximum Gasteiger partial charge on any atom is 0.306 e. The Morgan fingerprint density at radius 3 is 2.46 bits per heavy atom. The molecule has 0 aromatic heterocycles. The van der Waals surface area contributed by atoms with E-state index >= 15 is 0 Å². The lowest BCUT2D eigenvalue weighted by molar-refractivity contribution is -0.143. The van der Waals surface area contributed by atoms with Crippen molar-refractivity contribution < 1.29 is 28.5 Å². The lowest BCUT2D eigenvalue weighted by atomic mass is 9.90. The van der Waals surface area contributed by atoms with E-state index in [0.29, 0.717) is 19.4 Å². The SMILES string of the molecule is O=C1CCc2ccc3c(c2-c2cc4c(cc2CCCO1)OCO4)OCO3. The van der Waals surface area contributed by atoms with Gasteiger partial charge < -0.3 is 23.7 Å². The third-order valence-corrected chi connectivity index (χ3v) is 4.95. The minimum Gasteiger partial charge on any atom is -0.466 e. The van der Waals surface area contributed by atoms with Crippen LogP contribution in [0.4, 0.5) is 0 Å². The van der Waals surface area contributed by atoms with Crippen molar-refractivity contribution in [3.05, 3.63) is 35.4 Å². The molecule has 2 aromatic rings. The van der Waals surface area contributed by atoms with Crippen molar-refractivity contribution in [2.24, 2.45) is 0 Å². The summed E-state index contributed by atoms with van der Waals surface area (Å²) in [5.74, 6) is 2.77. The molecular formula is C20H18O6. The molecule has 0 atom stereocenters. The van der Waals surface area contributed by atoms with Crippen molar-refractivity contribution in [1.29, 1.82) is 0 Å². The van der Waals surface area contributed by atoms with Crippen LogP contribution in [0, 0.1) is 0 Å². The molecule has 6 heteroatoms. The fourth-order valence-corrected chi connectivity index (χ4v) is 3.70. The van der Waals surface area contributed by atoms with Crippen LogP contribution >= 0.6 is 0 Å². The van der Waals surface area contributed by atoms with Crippen LogP contribution in [0.1, 0.15) is 24.0 Å². The number of hydrogen-bond donors (Lipinski definition) is 0. The molecule has 6 nitrogen and oxygen atoms in total. The lowest BCUT2D eigenvalue weighted by Gasteiger charge is -2.16. The van der Waals surface area contributed by atoms with Gasteiger partial charge in [-0.1, -0.05) is 6.07 Å². The van der Waals surface area contributed by atoms with Crippen LogP contribution in [-0.2, 0) is 22.4 Å². The van der Waals surface area contributed by atoms with Crippen molar-refractivity contribution in [3.63, 3.8) is 0 Å². The quantitative estimate of drug-likeness (QED) is 0.677. The van der Waals surface area contributed by atoms with Crippen molar-refractivity contribution in [2.75, 3.05) is 20.2 Å². The maximum absolute atomic E-state index is 12.0. The van der Waals surface area contributed by atoms with Crippen LogP contribution in [-0.4, -0.2) is 26.2 Å². The highest BCUT2D eigenvalue weighted by atomic mass is 16.7. The van der Waals surface area contributed by atoms with Crippen LogP contribution in [0.3, 0.4) is 0 Å². The normalized spacial score (nSPS) is 17.8. The van der Waals surface area contributed by atoms with Gasteiger partial charge in [-0.05, 0) is 54.2 Å². The van der Waals surface area contributed by atoms with Crippen LogP contribution in [0.25, 0.3) is 11.1 Å². The number of aryl methyl sites for hydroxylation is 2. The highest BCUT2D eigenvalue weighted by Gasteiger charge is 2.27. The van der Waals surface area contributed by atoms with Gasteiger partial charge in [0, 0.05) is 12.0 Å². The van der Waals surface area contributed by atoms with Crippen molar-refractivity contribution >= 4 is 5.97 Å². The Morgan fingerprint density at radius 2 is 1.54 bits per heavy atom. The number of rotatable bonds is 0. The van der Waals surface area contributed by atoms with Crippen molar-refractivity contribution in [2.45, 2.75) is 25.7 Å². The number of ether oxygens (including phenoxy) is 5. The Bertz CT molecular complexity index is 888. The highest BCUT2D eigenvalue weighted by molar-refractivity contribution is 5.82. The molecule has 0 aliphatic carbocycles. The van der Waals surface area contributed by atoms with E-state index in [9.17, 15) is 4.79 Å². The summed E-state index contributed by atoms with van der Waals surface area (Å²) in [6.07, 6.45) is 2.44. The zero-order valence-corrected chi connectivity index (χ0v) is 14.2. The molecule has 0 fully saturated rings. The second-order valence-electron chi connectivity index (χ2n) is 6.52.